The number of carbonyl (C=O) groups excluding carboxylic acids is 1. The minimum atomic E-state index is -0.153. The molecule has 1 atom stereocenters. The SMILES string of the molecule is CCC(=O)N1N=C(c2ccc(Cl)cc2Cl)C[C@H]1c1ccc(OC)cc1. The van der Waals surface area contributed by atoms with Crippen molar-refractivity contribution in [1.29, 1.82) is 0 Å². The highest BCUT2D eigenvalue weighted by Gasteiger charge is 2.32. The van der Waals surface area contributed by atoms with E-state index in [2.05, 4.69) is 5.10 Å². The van der Waals surface area contributed by atoms with Crippen molar-refractivity contribution in [3.63, 3.8) is 0 Å². The van der Waals surface area contributed by atoms with Crippen molar-refractivity contribution in [2.45, 2.75) is 25.8 Å². The molecule has 2 aromatic rings. The third-order valence-corrected chi connectivity index (χ3v) is 4.76. The fourth-order valence-electron chi connectivity index (χ4n) is 2.87. The maximum Gasteiger partial charge on any atom is 0.242 e. The van der Waals surface area contributed by atoms with E-state index in [4.69, 9.17) is 27.9 Å². The van der Waals surface area contributed by atoms with Crippen LogP contribution in [0.25, 0.3) is 0 Å². The Kier molecular flexibility index (Phi) is 5.30. The van der Waals surface area contributed by atoms with Gasteiger partial charge >= 0.3 is 0 Å². The van der Waals surface area contributed by atoms with Gasteiger partial charge in [-0.05, 0) is 29.8 Å². The van der Waals surface area contributed by atoms with E-state index in [1.165, 1.54) is 0 Å². The summed E-state index contributed by atoms with van der Waals surface area (Å²) >= 11 is 12.3. The number of amides is 1. The van der Waals surface area contributed by atoms with E-state index in [1.807, 2.05) is 37.3 Å². The Bertz CT molecular complexity index is 819. The molecule has 0 spiro atoms. The number of hydrogen-bond donors (Lipinski definition) is 0. The molecular weight excluding hydrogens is 359 g/mol. The molecule has 0 aromatic heterocycles. The zero-order chi connectivity index (χ0) is 18.0. The van der Waals surface area contributed by atoms with Crippen molar-refractivity contribution < 1.29 is 9.53 Å². The van der Waals surface area contributed by atoms with Crippen molar-refractivity contribution >= 4 is 34.8 Å². The maximum absolute atomic E-state index is 12.4. The second-order valence-electron chi connectivity index (χ2n) is 5.76. The number of hydrogen-bond acceptors (Lipinski definition) is 3. The molecule has 130 valence electrons. The van der Waals surface area contributed by atoms with Gasteiger partial charge in [0.25, 0.3) is 0 Å². The van der Waals surface area contributed by atoms with E-state index in [1.54, 1.807) is 24.3 Å². The van der Waals surface area contributed by atoms with Crippen LogP contribution in [0.5, 0.6) is 5.75 Å². The van der Waals surface area contributed by atoms with Gasteiger partial charge in [0, 0.05) is 23.4 Å². The highest BCUT2D eigenvalue weighted by atomic mass is 35.5. The minimum absolute atomic E-state index is 0.0269. The van der Waals surface area contributed by atoms with E-state index < -0.39 is 0 Å². The van der Waals surface area contributed by atoms with Gasteiger partial charge in [0.2, 0.25) is 5.91 Å². The average Bonchev–Trinajstić information content (AvgIpc) is 3.06. The molecule has 4 nitrogen and oxygen atoms in total. The summed E-state index contributed by atoms with van der Waals surface area (Å²) in [6.07, 6.45) is 0.983. The first-order valence-corrected chi connectivity index (χ1v) is 8.78. The molecule has 1 aliphatic rings. The van der Waals surface area contributed by atoms with E-state index in [0.29, 0.717) is 22.9 Å². The fourth-order valence-corrected chi connectivity index (χ4v) is 3.39. The largest absolute Gasteiger partial charge is 0.497 e. The van der Waals surface area contributed by atoms with Gasteiger partial charge in [0.05, 0.1) is 23.9 Å². The summed E-state index contributed by atoms with van der Waals surface area (Å²) in [7, 11) is 1.63. The number of benzene rings is 2. The second kappa shape index (κ2) is 7.46. The molecule has 1 amide bonds. The van der Waals surface area contributed by atoms with Crippen LogP contribution in [0, 0.1) is 0 Å². The number of rotatable bonds is 4. The highest BCUT2D eigenvalue weighted by Crippen LogP contribution is 2.35. The Morgan fingerprint density at radius 2 is 1.96 bits per heavy atom. The molecule has 0 bridgehead atoms. The first-order chi connectivity index (χ1) is 12.0. The fraction of sp³-hybridized carbons (Fsp3) is 0.263. The zero-order valence-corrected chi connectivity index (χ0v) is 15.5. The molecule has 1 aliphatic heterocycles. The van der Waals surface area contributed by atoms with Crippen LogP contribution in [0.2, 0.25) is 10.0 Å². The van der Waals surface area contributed by atoms with Gasteiger partial charge in [-0.1, -0.05) is 48.3 Å². The molecule has 25 heavy (non-hydrogen) atoms. The number of ether oxygens (including phenoxy) is 1. The summed E-state index contributed by atoms with van der Waals surface area (Å²) in [5, 5.41) is 7.22. The van der Waals surface area contributed by atoms with Crippen LogP contribution in [0.1, 0.15) is 36.9 Å². The van der Waals surface area contributed by atoms with Crippen molar-refractivity contribution in [1.82, 2.24) is 5.01 Å². The van der Waals surface area contributed by atoms with Crippen LogP contribution in [0.3, 0.4) is 0 Å². The van der Waals surface area contributed by atoms with Crippen LogP contribution < -0.4 is 4.74 Å². The third kappa shape index (κ3) is 3.65. The lowest BCUT2D eigenvalue weighted by Crippen LogP contribution is -2.26. The first-order valence-electron chi connectivity index (χ1n) is 8.02. The summed E-state index contributed by atoms with van der Waals surface area (Å²) in [6, 6.07) is 12.8. The summed E-state index contributed by atoms with van der Waals surface area (Å²) < 4.78 is 5.21. The van der Waals surface area contributed by atoms with E-state index in [-0.39, 0.29) is 11.9 Å². The van der Waals surface area contributed by atoms with Crippen LogP contribution in [0.15, 0.2) is 47.6 Å². The Morgan fingerprint density at radius 3 is 2.56 bits per heavy atom. The minimum Gasteiger partial charge on any atom is -0.497 e. The monoisotopic (exact) mass is 376 g/mol. The van der Waals surface area contributed by atoms with Crippen LogP contribution in [-0.4, -0.2) is 23.7 Å². The number of nitrogens with zero attached hydrogens (tertiary/aromatic N) is 2. The molecule has 1 heterocycles. The zero-order valence-electron chi connectivity index (χ0n) is 14.0. The Hall–Kier alpha value is -2.04. The number of carbonyl (C=O) groups is 1. The smallest absolute Gasteiger partial charge is 0.242 e. The highest BCUT2D eigenvalue weighted by molar-refractivity contribution is 6.37. The molecule has 0 saturated heterocycles. The summed E-state index contributed by atoms with van der Waals surface area (Å²) in [5.74, 6) is 0.748. The summed E-state index contributed by atoms with van der Waals surface area (Å²) in [4.78, 5) is 12.4. The first kappa shape index (κ1) is 17.8. The van der Waals surface area contributed by atoms with Crippen molar-refractivity contribution in [3.05, 3.63) is 63.6 Å². The van der Waals surface area contributed by atoms with Crippen molar-refractivity contribution in [2.24, 2.45) is 5.10 Å². The molecule has 0 aliphatic carbocycles. The molecule has 6 heteroatoms. The lowest BCUT2D eigenvalue weighted by molar-refractivity contribution is -0.132. The lowest BCUT2D eigenvalue weighted by Gasteiger charge is -2.21. The average molecular weight is 377 g/mol. The van der Waals surface area contributed by atoms with Gasteiger partial charge in [-0.3, -0.25) is 4.79 Å². The molecule has 3 rings (SSSR count). The van der Waals surface area contributed by atoms with Gasteiger partial charge in [-0.25, -0.2) is 5.01 Å². The number of hydrazone groups is 1. The van der Waals surface area contributed by atoms with Crippen molar-refractivity contribution in [2.75, 3.05) is 7.11 Å². The van der Waals surface area contributed by atoms with Gasteiger partial charge < -0.3 is 4.74 Å². The molecule has 0 radical (unpaired) electrons. The number of halogens is 2. The van der Waals surface area contributed by atoms with Crippen LogP contribution in [0.4, 0.5) is 0 Å². The summed E-state index contributed by atoms with van der Waals surface area (Å²) in [6.45, 7) is 1.83. The quantitative estimate of drug-likeness (QED) is 0.745. The number of methoxy groups -OCH3 is 1. The predicted octanol–water partition coefficient (Wildman–Crippen LogP) is 5.09. The Morgan fingerprint density at radius 1 is 1.24 bits per heavy atom. The van der Waals surface area contributed by atoms with Gasteiger partial charge in [0.1, 0.15) is 5.75 Å². The topological polar surface area (TPSA) is 41.9 Å². The molecule has 0 saturated carbocycles. The van der Waals surface area contributed by atoms with E-state index in [0.717, 1.165) is 22.6 Å². The van der Waals surface area contributed by atoms with E-state index >= 15 is 0 Å². The predicted molar refractivity (Wildman–Crippen MR) is 100 cm³/mol. The second-order valence-corrected chi connectivity index (χ2v) is 6.60. The molecule has 2 aromatic carbocycles. The maximum atomic E-state index is 12.4. The summed E-state index contributed by atoms with van der Waals surface area (Å²) in [5.41, 5.74) is 2.59. The molecule has 0 unspecified atom stereocenters. The third-order valence-electron chi connectivity index (χ3n) is 4.21. The van der Waals surface area contributed by atoms with Gasteiger partial charge in [-0.2, -0.15) is 5.10 Å². The van der Waals surface area contributed by atoms with Crippen molar-refractivity contribution in [3.8, 4) is 5.75 Å². The van der Waals surface area contributed by atoms with E-state index in [9.17, 15) is 4.79 Å². The molecular formula is C19H18Cl2N2O2. The standard InChI is InChI=1S/C19H18Cl2N2O2/c1-3-19(24)23-18(12-4-7-14(25-2)8-5-12)11-17(22-23)15-9-6-13(20)10-16(15)21/h4-10,18H,3,11H2,1-2H3/t18-/m0/s1. The van der Waals surface area contributed by atoms with Crippen LogP contribution >= 0.6 is 23.2 Å². The Labute approximate surface area is 157 Å². The molecule has 0 fully saturated rings. The Balaban J connectivity index is 1.96. The molecule has 0 N–H and O–H groups in total. The van der Waals surface area contributed by atoms with Gasteiger partial charge in [-0.15, -0.1) is 0 Å². The normalized spacial score (nSPS) is 16.7. The lowest BCUT2D eigenvalue weighted by atomic mass is 9.98. The van der Waals surface area contributed by atoms with Gasteiger partial charge in [0.15, 0.2) is 0 Å². The van der Waals surface area contributed by atoms with Crippen LogP contribution in [-0.2, 0) is 4.79 Å².